The highest BCUT2D eigenvalue weighted by Gasteiger charge is 2.22. The van der Waals surface area contributed by atoms with Gasteiger partial charge in [0.1, 0.15) is 17.8 Å². The molecule has 0 bridgehead atoms. The molecule has 1 saturated heterocycles. The van der Waals surface area contributed by atoms with Crippen molar-refractivity contribution in [2.45, 2.75) is 26.7 Å². The fourth-order valence-electron chi connectivity index (χ4n) is 2.31. The summed E-state index contributed by atoms with van der Waals surface area (Å²) in [4.78, 5) is 23.2. The van der Waals surface area contributed by atoms with Crippen molar-refractivity contribution in [1.29, 1.82) is 0 Å². The molecule has 1 fully saturated rings. The quantitative estimate of drug-likeness (QED) is 0.850. The van der Waals surface area contributed by atoms with E-state index in [4.69, 9.17) is 4.74 Å². The molecule has 1 aliphatic rings. The minimum atomic E-state index is -2.62. The number of ether oxygens (including phenoxy) is 1. The Labute approximate surface area is 134 Å². The highest BCUT2D eigenvalue weighted by atomic mass is 19.3. The Bertz CT molecular complexity index is 528. The molecule has 1 aliphatic heterocycles. The van der Waals surface area contributed by atoms with Gasteiger partial charge < -0.3 is 14.5 Å². The highest BCUT2D eigenvalue weighted by molar-refractivity contribution is 5.67. The second-order valence-corrected chi connectivity index (χ2v) is 5.90. The molecule has 8 heteroatoms. The summed E-state index contributed by atoms with van der Waals surface area (Å²) in [5, 5.41) is 0. The number of carbonyl (C=O) groups is 1. The van der Waals surface area contributed by atoms with Crippen LogP contribution in [0.4, 0.5) is 19.4 Å². The van der Waals surface area contributed by atoms with Crippen molar-refractivity contribution in [3.8, 4) is 0 Å². The third kappa shape index (κ3) is 5.01. The molecule has 2 heterocycles. The fourth-order valence-corrected chi connectivity index (χ4v) is 2.31. The third-order valence-electron chi connectivity index (χ3n) is 3.52. The van der Waals surface area contributed by atoms with Gasteiger partial charge in [0.05, 0.1) is 6.61 Å². The van der Waals surface area contributed by atoms with Crippen molar-refractivity contribution >= 4 is 11.9 Å². The Morgan fingerprint density at radius 1 is 1.26 bits per heavy atom. The second kappa shape index (κ2) is 8.03. The monoisotopic (exact) mass is 328 g/mol. The summed E-state index contributed by atoms with van der Waals surface area (Å²) in [6.07, 6.45) is -1.07. The first-order valence-corrected chi connectivity index (χ1v) is 7.74. The fraction of sp³-hybridized carbons (Fsp3) is 0.667. The minimum absolute atomic E-state index is 0.285. The Kier molecular flexibility index (Phi) is 6.06. The molecule has 0 aliphatic carbocycles. The van der Waals surface area contributed by atoms with Crippen LogP contribution in [0.5, 0.6) is 0 Å². The van der Waals surface area contributed by atoms with Gasteiger partial charge in [-0.3, -0.25) is 0 Å². The van der Waals surface area contributed by atoms with Crippen LogP contribution >= 0.6 is 0 Å². The predicted octanol–water partition coefficient (Wildman–Crippen LogP) is 2.72. The van der Waals surface area contributed by atoms with E-state index >= 15 is 0 Å². The second-order valence-electron chi connectivity index (χ2n) is 5.90. The molecule has 0 atom stereocenters. The molecule has 0 aromatic carbocycles. The molecule has 1 aromatic rings. The topological polar surface area (TPSA) is 58.6 Å². The number of alkyl halides is 2. The van der Waals surface area contributed by atoms with Crippen molar-refractivity contribution in [3.05, 3.63) is 18.1 Å². The first-order chi connectivity index (χ1) is 11.0. The number of hydrogen-bond acceptors (Lipinski definition) is 5. The Morgan fingerprint density at radius 3 is 2.74 bits per heavy atom. The maximum Gasteiger partial charge on any atom is 0.409 e. The summed E-state index contributed by atoms with van der Waals surface area (Å²) >= 11 is 0. The molecule has 128 valence electrons. The van der Waals surface area contributed by atoms with Crippen molar-refractivity contribution in [2.75, 3.05) is 37.7 Å². The highest BCUT2D eigenvalue weighted by Crippen LogP contribution is 2.21. The largest absolute Gasteiger partial charge is 0.449 e. The van der Waals surface area contributed by atoms with Crippen LogP contribution < -0.4 is 4.90 Å². The molecular formula is C15H22F2N4O2. The minimum Gasteiger partial charge on any atom is -0.449 e. The average molecular weight is 328 g/mol. The molecule has 0 saturated carbocycles. The zero-order valence-electron chi connectivity index (χ0n) is 13.4. The van der Waals surface area contributed by atoms with E-state index in [9.17, 15) is 13.6 Å². The third-order valence-corrected chi connectivity index (χ3v) is 3.52. The van der Waals surface area contributed by atoms with Crippen LogP contribution in [0.3, 0.4) is 0 Å². The lowest BCUT2D eigenvalue weighted by Crippen LogP contribution is -2.36. The molecule has 0 radical (unpaired) electrons. The zero-order valence-corrected chi connectivity index (χ0v) is 13.4. The van der Waals surface area contributed by atoms with Crippen molar-refractivity contribution in [2.24, 2.45) is 5.92 Å². The smallest absolute Gasteiger partial charge is 0.409 e. The molecule has 1 aromatic heterocycles. The van der Waals surface area contributed by atoms with Gasteiger partial charge in [-0.25, -0.2) is 23.5 Å². The van der Waals surface area contributed by atoms with Crippen LogP contribution in [-0.2, 0) is 4.74 Å². The molecular weight excluding hydrogens is 306 g/mol. The van der Waals surface area contributed by atoms with E-state index < -0.39 is 6.43 Å². The SMILES string of the molecule is CC(C)COC(=O)N1CCCN(c2cc(C(F)F)ncn2)CC1. The number of nitrogens with zero attached hydrogens (tertiary/aromatic N) is 4. The summed E-state index contributed by atoms with van der Waals surface area (Å²) < 4.78 is 30.7. The van der Waals surface area contributed by atoms with E-state index in [0.29, 0.717) is 38.6 Å². The van der Waals surface area contributed by atoms with E-state index in [-0.39, 0.29) is 17.7 Å². The van der Waals surface area contributed by atoms with Gasteiger partial charge in [0.25, 0.3) is 6.43 Å². The summed E-state index contributed by atoms with van der Waals surface area (Å²) in [7, 11) is 0. The van der Waals surface area contributed by atoms with E-state index in [1.165, 1.54) is 6.07 Å². The molecule has 6 nitrogen and oxygen atoms in total. The van der Waals surface area contributed by atoms with Crippen LogP contribution in [-0.4, -0.2) is 53.7 Å². The summed E-state index contributed by atoms with van der Waals surface area (Å²) in [5.74, 6) is 0.754. The molecule has 23 heavy (non-hydrogen) atoms. The van der Waals surface area contributed by atoms with Crippen LogP contribution in [0.25, 0.3) is 0 Å². The average Bonchev–Trinajstić information content (AvgIpc) is 2.78. The van der Waals surface area contributed by atoms with Crippen molar-refractivity contribution < 1.29 is 18.3 Å². The molecule has 0 spiro atoms. The Balaban J connectivity index is 1.95. The van der Waals surface area contributed by atoms with Gasteiger partial charge >= 0.3 is 6.09 Å². The maximum atomic E-state index is 12.7. The maximum absolute atomic E-state index is 12.7. The van der Waals surface area contributed by atoms with E-state index in [1.807, 2.05) is 18.7 Å². The van der Waals surface area contributed by atoms with Gasteiger partial charge in [0.2, 0.25) is 0 Å². The number of amides is 1. The van der Waals surface area contributed by atoms with Crippen LogP contribution in [0.2, 0.25) is 0 Å². The lowest BCUT2D eigenvalue weighted by molar-refractivity contribution is 0.0943. The van der Waals surface area contributed by atoms with Crippen LogP contribution in [0, 0.1) is 5.92 Å². The normalized spacial score (nSPS) is 15.9. The van der Waals surface area contributed by atoms with E-state index in [2.05, 4.69) is 9.97 Å². The van der Waals surface area contributed by atoms with Gasteiger partial charge in [0.15, 0.2) is 0 Å². The molecule has 1 amide bonds. The predicted molar refractivity (Wildman–Crippen MR) is 81.6 cm³/mol. The first-order valence-electron chi connectivity index (χ1n) is 7.74. The number of carbonyl (C=O) groups excluding carboxylic acids is 1. The van der Waals surface area contributed by atoms with Gasteiger partial charge in [0, 0.05) is 32.2 Å². The summed E-state index contributed by atoms with van der Waals surface area (Å²) in [6.45, 7) is 6.58. The van der Waals surface area contributed by atoms with Gasteiger partial charge in [-0.05, 0) is 12.3 Å². The molecule has 0 unspecified atom stereocenters. The summed E-state index contributed by atoms with van der Waals surface area (Å²) in [6, 6.07) is 1.30. The van der Waals surface area contributed by atoms with Gasteiger partial charge in [-0.15, -0.1) is 0 Å². The van der Waals surface area contributed by atoms with Gasteiger partial charge in [-0.2, -0.15) is 0 Å². The number of anilines is 1. The van der Waals surface area contributed by atoms with Crippen LogP contribution in [0.1, 0.15) is 32.4 Å². The first kappa shape index (κ1) is 17.4. The van der Waals surface area contributed by atoms with Gasteiger partial charge in [-0.1, -0.05) is 13.8 Å². The molecule has 0 N–H and O–H groups in total. The number of aromatic nitrogens is 2. The number of rotatable bonds is 4. The van der Waals surface area contributed by atoms with E-state index in [0.717, 1.165) is 12.7 Å². The number of halogens is 2. The lowest BCUT2D eigenvalue weighted by Gasteiger charge is -2.23. The lowest BCUT2D eigenvalue weighted by atomic mass is 10.2. The number of hydrogen-bond donors (Lipinski definition) is 0. The van der Waals surface area contributed by atoms with Crippen molar-refractivity contribution in [1.82, 2.24) is 14.9 Å². The van der Waals surface area contributed by atoms with E-state index in [1.54, 1.807) is 4.90 Å². The Morgan fingerprint density at radius 2 is 2.04 bits per heavy atom. The van der Waals surface area contributed by atoms with Crippen LogP contribution in [0.15, 0.2) is 12.4 Å². The summed E-state index contributed by atoms with van der Waals surface area (Å²) in [5.41, 5.74) is -0.285. The van der Waals surface area contributed by atoms with Crippen molar-refractivity contribution in [3.63, 3.8) is 0 Å². The zero-order chi connectivity index (χ0) is 16.8. The molecule has 2 rings (SSSR count). The standard InChI is InChI=1S/C15H22F2N4O2/c1-11(2)9-23-15(22)21-5-3-4-20(6-7-21)13-8-12(14(16)17)18-10-19-13/h8,10-11,14H,3-7,9H2,1-2H3. The Hall–Kier alpha value is -1.99.